The summed E-state index contributed by atoms with van der Waals surface area (Å²) in [4.78, 5) is 29.0. The normalized spacial score (nSPS) is 12.2. The van der Waals surface area contributed by atoms with Crippen LogP contribution in [0.1, 0.15) is 50.7 Å². The third-order valence-electron chi connectivity index (χ3n) is 8.44. The van der Waals surface area contributed by atoms with Crippen LogP contribution in [0.4, 0.5) is 16.4 Å². The number of hydrogen-bond acceptors (Lipinski definition) is 7. The van der Waals surface area contributed by atoms with Gasteiger partial charge in [0.1, 0.15) is 11.8 Å². The molecule has 0 spiro atoms. The molecule has 0 unspecified atom stereocenters. The SMILES string of the molecule is CCC[C@@H](CCCNc1ncc(C#N)c(-c2cncn2C)n1)[C@H](C)N(C(=O)NCc1ccccc1)c1ccc(-c2cnn(C)c2)cc1. The number of carbonyl (C=O) groups is 1. The van der Waals surface area contributed by atoms with Crippen molar-refractivity contribution in [3.8, 4) is 28.6 Å². The number of benzene rings is 2. The van der Waals surface area contributed by atoms with Crippen molar-refractivity contribution in [2.45, 2.75) is 52.1 Å². The van der Waals surface area contributed by atoms with Crippen LogP contribution >= 0.6 is 0 Å². The Bertz CT molecular complexity index is 1790. The Hall–Kier alpha value is -5.50. The number of amides is 2. The average Bonchev–Trinajstić information content (AvgIpc) is 3.73. The zero-order chi connectivity index (χ0) is 33.2. The van der Waals surface area contributed by atoms with E-state index in [-0.39, 0.29) is 18.0 Å². The Kier molecular flexibility index (Phi) is 11.0. The molecule has 0 saturated heterocycles. The van der Waals surface area contributed by atoms with Gasteiger partial charge in [0.05, 0.1) is 36.2 Å². The van der Waals surface area contributed by atoms with Crippen LogP contribution < -0.4 is 15.5 Å². The summed E-state index contributed by atoms with van der Waals surface area (Å²) in [6.07, 6.45) is 12.5. The van der Waals surface area contributed by atoms with Crippen LogP contribution in [0.25, 0.3) is 22.5 Å². The highest BCUT2D eigenvalue weighted by molar-refractivity contribution is 5.93. The summed E-state index contributed by atoms with van der Waals surface area (Å²) in [5.41, 5.74) is 5.68. The van der Waals surface area contributed by atoms with Crippen molar-refractivity contribution < 1.29 is 4.79 Å². The monoisotopic (exact) mass is 630 g/mol. The van der Waals surface area contributed by atoms with E-state index in [1.54, 1.807) is 23.4 Å². The number of aromatic nitrogens is 6. The molecule has 2 aromatic carbocycles. The van der Waals surface area contributed by atoms with E-state index < -0.39 is 0 Å². The van der Waals surface area contributed by atoms with Gasteiger partial charge in [-0.15, -0.1) is 0 Å². The van der Waals surface area contributed by atoms with Crippen molar-refractivity contribution in [1.29, 1.82) is 5.26 Å². The largest absolute Gasteiger partial charge is 0.354 e. The summed E-state index contributed by atoms with van der Waals surface area (Å²) in [5.74, 6) is 0.727. The summed E-state index contributed by atoms with van der Waals surface area (Å²) in [6, 6.07) is 20.1. The van der Waals surface area contributed by atoms with Crippen LogP contribution in [0.3, 0.4) is 0 Å². The van der Waals surface area contributed by atoms with Gasteiger partial charge in [0.2, 0.25) is 5.95 Å². The van der Waals surface area contributed by atoms with Crippen LogP contribution in [-0.4, -0.2) is 47.9 Å². The van der Waals surface area contributed by atoms with Crippen molar-refractivity contribution in [1.82, 2.24) is 34.6 Å². The molecule has 0 aliphatic heterocycles. The first-order valence-corrected chi connectivity index (χ1v) is 16.1. The Morgan fingerprint density at radius 1 is 1.02 bits per heavy atom. The Morgan fingerprint density at radius 2 is 1.81 bits per heavy atom. The molecule has 0 aliphatic rings. The lowest BCUT2D eigenvalue weighted by atomic mass is 9.89. The van der Waals surface area contributed by atoms with Crippen LogP contribution in [0, 0.1) is 17.2 Å². The van der Waals surface area contributed by atoms with E-state index in [0.717, 1.165) is 53.8 Å². The fourth-order valence-electron chi connectivity index (χ4n) is 5.88. The van der Waals surface area contributed by atoms with Gasteiger partial charge in [0, 0.05) is 50.7 Å². The molecule has 3 aromatic heterocycles. The van der Waals surface area contributed by atoms with Gasteiger partial charge in [-0.05, 0) is 55.4 Å². The molecule has 0 aliphatic carbocycles. The number of hydrogen-bond donors (Lipinski definition) is 2. The van der Waals surface area contributed by atoms with Gasteiger partial charge in [-0.3, -0.25) is 9.58 Å². The van der Waals surface area contributed by atoms with Crippen molar-refractivity contribution >= 4 is 17.7 Å². The first-order chi connectivity index (χ1) is 22.9. The Morgan fingerprint density at radius 3 is 2.47 bits per heavy atom. The molecular weight excluding hydrogens is 588 g/mol. The fraction of sp³-hybridized carbons (Fsp3) is 0.333. The van der Waals surface area contributed by atoms with Crippen LogP contribution in [0.15, 0.2) is 85.7 Å². The van der Waals surface area contributed by atoms with Gasteiger partial charge in [-0.2, -0.15) is 10.4 Å². The number of nitriles is 1. The minimum atomic E-state index is -0.122. The zero-order valence-corrected chi connectivity index (χ0v) is 27.5. The number of nitrogens with zero attached hydrogens (tertiary/aromatic N) is 8. The number of imidazole rings is 1. The van der Waals surface area contributed by atoms with Gasteiger partial charge in [-0.25, -0.2) is 19.7 Å². The van der Waals surface area contributed by atoms with E-state index in [1.165, 1.54) is 0 Å². The fourth-order valence-corrected chi connectivity index (χ4v) is 5.88. The molecule has 0 radical (unpaired) electrons. The standard InChI is InChI=1S/C36H42N10O/c1-5-10-28(13-9-18-39-35-40-21-30(19-37)34(43-35)33-23-38-25-44(33)3)26(2)46(36(47)41-20-27-11-7-6-8-12-27)32-16-14-29(15-17-32)31-22-42-45(4)24-31/h6-8,11-12,14-17,21-26,28H,5,9-10,13,18,20H2,1-4H3,(H,41,47)(H,39,40,43)/t26-,28-/m0/s1. The molecule has 11 heteroatoms. The van der Waals surface area contributed by atoms with Gasteiger partial charge in [-0.1, -0.05) is 55.8 Å². The van der Waals surface area contributed by atoms with Crippen LogP contribution in [0.5, 0.6) is 0 Å². The average molecular weight is 631 g/mol. The number of nitrogens with one attached hydrogen (secondary N) is 2. The van der Waals surface area contributed by atoms with Crippen molar-refractivity contribution in [2.75, 3.05) is 16.8 Å². The third-order valence-corrected chi connectivity index (χ3v) is 8.44. The van der Waals surface area contributed by atoms with Gasteiger partial charge in [0.25, 0.3) is 0 Å². The smallest absolute Gasteiger partial charge is 0.322 e. The second-order valence-electron chi connectivity index (χ2n) is 11.8. The summed E-state index contributed by atoms with van der Waals surface area (Å²) < 4.78 is 3.61. The lowest BCUT2D eigenvalue weighted by molar-refractivity contribution is 0.239. The lowest BCUT2D eigenvalue weighted by Crippen LogP contribution is -2.48. The molecule has 5 aromatic rings. The molecule has 2 N–H and O–H groups in total. The quantitative estimate of drug-likeness (QED) is 0.133. The first-order valence-electron chi connectivity index (χ1n) is 16.1. The highest BCUT2D eigenvalue weighted by Crippen LogP contribution is 2.29. The molecule has 2 atom stereocenters. The molecule has 0 saturated carbocycles. The third kappa shape index (κ3) is 8.21. The van der Waals surface area contributed by atoms with Gasteiger partial charge < -0.3 is 15.2 Å². The topological polar surface area (TPSA) is 130 Å². The summed E-state index contributed by atoms with van der Waals surface area (Å²) in [5, 5.41) is 20.4. The Labute approximate surface area is 276 Å². The molecule has 0 fully saturated rings. The highest BCUT2D eigenvalue weighted by Gasteiger charge is 2.28. The molecule has 2 amide bonds. The van der Waals surface area contributed by atoms with E-state index in [4.69, 9.17) is 0 Å². The molecule has 5 rings (SSSR count). The zero-order valence-electron chi connectivity index (χ0n) is 27.5. The molecular formula is C36H42N10O. The van der Waals surface area contributed by atoms with E-state index in [9.17, 15) is 10.1 Å². The predicted molar refractivity (Wildman–Crippen MR) is 184 cm³/mol. The van der Waals surface area contributed by atoms with Gasteiger partial charge >= 0.3 is 6.03 Å². The van der Waals surface area contributed by atoms with E-state index in [2.05, 4.69) is 50.6 Å². The molecule has 3 heterocycles. The van der Waals surface area contributed by atoms with Crippen LogP contribution in [0.2, 0.25) is 0 Å². The lowest BCUT2D eigenvalue weighted by Gasteiger charge is -2.35. The van der Waals surface area contributed by atoms with Crippen molar-refractivity contribution in [2.24, 2.45) is 20.0 Å². The molecule has 47 heavy (non-hydrogen) atoms. The number of anilines is 2. The summed E-state index contributed by atoms with van der Waals surface area (Å²) in [6.45, 7) is 5.44. The second-order valence-corrected chi connectivity index (χ2v) is 11.8. The Balaban J connectivity index is 1.29. The van der Waals surface area contributed by atoms with Gasteiger partial charge in [0.15, 0.2) is 0 Å². The summed E-state index contributed by atoms with van der Waals surface area (Å²) in [7, 11) is 3.77. The van der Waals surface area contributed by atoms with Crippen LogP contribution in [-0.2, 0) is 20.6 Å². The first kappa shape index (κ1) is 32.9. The van der Waals surface area contributed by atoms with E-state index in [0.29, 0.717) is 30.3 Å². The number of rotatable bonds is 14. The van der Waals surface area contributed by atoms with E-state index >= 15 is 0 Å². The maximum Gasteiger partial charge on any atom is 0.322 e. The number of urea groups is 1. The van der Waals surface area contributed by atoms with Crippen molar-refractivity contribution in [3.63, 3.8) is 0 Å². The second kappa shape index (κ2) is 15.7. The summed E-state index contributed by atoms with van der Waals surface area (Å²) >= 11 is 0. The maximum absolute atomic E-state index is 13.9. The minimum Gasteiger partial charge on any atom is -0.354 e. The maximum atomic E-state index is 13.9. The minimum absolute atomic E-state index is 0.0578. The molecule has 0 bridgehead atoms. The van der Waals surface area contributed by atoms with E-state index in [1.807, 2.05) is 90.6 Å². The predicted octanol–water partition coefficient (Wildman–Crippen LogP) is 6.56. The molecule has 242 valence electrons. The van der Waals surface area contributed by atoms with Crippen molar-refractivity contribution in [3.05, 3.63) is 96.8 Å². The highest BCUT2D eigenvalue weighted by atomic mass is 16.2. The number of carbonyl (C=O) groups excluding carboxylic acids is 1. The number of aryl methyl sites for hydroxylation is 2. The molecule has 11 nitrogen and oxygen atoms in total.